The summed E-state index contributed by atoms with van der Waals surface area (Å²) in [6.07, 6.45) is 7.43. The van der Waals surface area contributed by atoms with Crippen molar-refractivity contribution in [2.24, 2.45) is 0 Å². The first kappa shape index (κ1) is 33.3. The molecule has 11 nitrogen and oxygen atoms in total. The van der Waals surface area contributed by atoms with Gasteiger partial charge in [-0.3, -0.25) is 14.5 Å². The van der Waals surface area contributed by atoms with E-state index in [1.165, 1.54) is 64.5 Å². The number of carbonyl (C=O) groups excluding carboxylic acids is 2. The second-order valence-corrected chi connectivity index (χ2v) is 12.3. The smallest absolute Gasteiger partial charge is 0.336 e. The number of ether oxygens (including phenoxy) is 2. The van der Waals surface area contributed by atoms with E-state index in [4.69, 9.17) is 9.47 Å². The number of carbonyl (C=O) groups is 2. The van der Waals surface area contributed by atoms with Crippen molar-refractivity contribution >= 4 is 29.0 Å². The highest BCUT2D eigenvalue weighted by molar-refractivity contribution is 6.00. The molecule has 3 aliphatic rings. The van der Waals surface area contributed by atoms with Crippen molar-refractivity contribution in [1.82, 2.24) is 15.1 Å². The number of nitrogens with zero attached hydrogens (tertiary/aromatic N) is 2. The van der Waals surface area contributed by atoms with Crippen LogP contribution in [0.25, 0.3) is 0 Å². The van der Waals surface area contributed by atoms with Crippen molar-refractivity contribution in [2.45, 2.75) is 64.3 Å². The Morgan fingerprint density at radius 2 is 1.52 bits per heavy atom. The molecule has 0 radical (unpaired) electrons. The van der Waals surface area contributed by atoms with Gasteiger partial charge in [0.15, 0.2) is 0 Å². The molecule has 1 saturated carbocycles. The predicted octanol–water partition coefficient (Wildman–Crippen LogP) is 3.50. The Labute approximate surface area is 268 Å². The molecule has 0 bridgehead atoms. The molecule has 1 saturated heterocycles. The maximum absolute atomic E-state index is 15.1. The fourth-order valence-electron chi connectivity index (χ4n) is 7.04. The molecule has 0 aromatic heterocycles. The van der Waals surface area contributed by atoms with E-state index in [0.717, 1.165) is 45.2 Å². The Balaban J connectivity index is 1.26. The quantitative estimate of drug-likeness (QED) is 0.190. The molecule has 2 fully saturated rings. The summed E-state index contributed by atoms with van der Waals surface area (Å²) in [5, 5.41) is 8.90. The Morgan fingerprint density at radius 1 is 0.913 bits per heavy atom. The second-order valence-electron chi connectivity index (χ2n) is 12.3. The first-order chi connectivity index (χ1) is 22.1. The topological polar surface area (TPSA) is 129 Å². The van der Waals surface area contributed by atoms with Gasteiger partial charge in [-0.25, -0.2) is 14.0 Å². The van der Waals surface area contributed by atoms with E-state index in [-0.39, 0.29) is 28.2 Å². The molecule has 0 spiro atoms. The summed E-state index contributed by atoms with van der Waals surface area (Å²) < 4.78 is 25.1. The van der Waals surface area contributed by atoms with Gasteiger partial charge in [-0.05, 0) is 57.4 Å². The van der Waals surface area contributed by atoms with Crippen LogP contribution in [0, 0.1) is 5.82 Å². The SMILES string of the molecule is COC(=O)C1=C(C)NC(C)=C(C(=O)OC)C1c1ccc(F)c(Nc2c(NCCCN3CCN(C4CCCCC4)CC3)c(=O)c2=O)c1. The zero-order chi connectivity index (χ0) is 33.0. The van der Waals surface area contributed by atoms with Gasteiger partial charge in [0, 0.05) is 50.2 Å². The molecular formula is C34H44FN5O6. The van der Waals surface area contributed by atoms with E-state index in [9.17, 15) is 19.2 Å². The Bertz CT molecular complexity index is 1560. The third kappa shape index (κ3) is 6.87. The number of esters is 2. The van der Waals surface area contributed by atoms with Gasteiger partial charge in [0.05, 0.1) is 37.0 Å². The van der Waals surface area contributed by atoms with Crippen molar-refractivity contribution in [2.75, 3.05) is 64.1 Å². The zero-order valence-corrected chi connectivity index (χ0v) is 27.1. The molecule has 3 N–H and O–H groups in total. The minimum Gasteiger partial charge on any atom is -0.466 e. The fourth-order valence-corrected chi connectivity index (χ4v) is 7.04. The Kier molecular flexibility index (Phi) is 10.6. The van der Waals surface area contributed by atoms with Crippen LogP contribution < -0.4 is 26.8 Å². The van der Waals surface area contributed by atoms with Crippen molar-refractivity contribution in [1.29, 1.82) is 0 Å². The first-order valence-electron chi connectivity index (χ1n) is 16.1. The maximum atomic E-state index is 15.1. The van der Waals surface area contributed by atoms with Crippen LogP contribution in [0.2, 0.25) is 0 Å². The molecule has 2 aromatic rings. The van der Waals surface area contributed by atoms with Crippen molar-refractivity contribution in [3.8, 4) is 0 Å². The fraction of sp³-hybridized carbons (Fsp3) is 0.529. The van der Waals surface area contributed by atoms with Gasteiger partial charge in [-0.15, -0.1) is 0 Å². The summed E-state index contributed by atoms with van der Waals surface area (Å²) >= 11 is 0. The number of hydrogen-bond acceptors (Lipinski definition) is 11. The summed E-state index contributed by atoms with van der Waals surface area (Å²) in [6, 6.07) is 4.79. The average Bonchev–Trinajstić information content (AvgIpc) is 3.07. The highest BCUT2D eigenvalue weighted by Crippen LogP contribution is 2.40. The van der Waals surface area contributed by atoms with Crippen molar-refractivity contribution in [3.63, 3.8) is 0 Å². The summed E-state index contributed by atoms with van der Waals surface area (Å²) in [5.41, 5.74) is 0.287. The lowest BCUT2D eigenvalue weighted by Gasteiger charge is -2.40. The Morgan fingerprint density at radius 3 is 2.13 bits per heavy atom. The summed E-state index contributed by atoms with van der Waals surface area (Å²) in [5.74, 6) is -2.94. The highest BCUT2D eigenvalue weighted by Gasteiger charge is 2.38. The number of nitrogens with one attached hydrogen (secondary N) is 3. The van der Waals surface area contributed by atoms with Crippen LogP contribution in [0.3, 0.4) is 0 Å². The molecule has 0 unspecified atom stereocenters. The van der Waals surface area contributed by atoms with Gasteiger partial charge in [-0.1, -0.05) is 25.3 Å². The number of methoxy groups -OCH3 is 2. The van der Waals surface area contributed by atoms with E-state index in [2.05, 4.69) is 25.8 Å². The average molecular weight is 638 g/mol. The third-order valence-corrected chi connectivity index (χ3v) is 9.52. The minimum absolute atomic E-state index is 0.0210. The van der Waals surface area contributed by atoms with E-state index in [1.807, 2.05) is 0 Å². The Hall–Kier alpha value is -4.03. The molecule has 46 heavy (non-hydrogen) atoms. The molecule has 5 rings (SSSR count). The largest absolute Gasteiger partial charge is 0.466 e. The molecule has 12 heteroatoms. The van der Waals surface area contributed by atoms with Crippen LogP contribution in [0.15, 0.2) is 50.3 Å². The van der Waals surface area contributed by atoms with Gasteiger partial charge < -0.3 is 30.3 Å². The number of rotatable bonds is 11. The predicted molar refractivity (Wildman–Crippen MR) is 174 cm³/mol. The van der Waals surface area contributed by atoms with Crippen LogP contribution >= 0.6 is 0 Å². The van der Waals surface area contributed by atoms with Crippen molar-refractivity contribution < 1.29 is 23.5 Å². The summed E-state index contributed by atoms with van der Waals surface area (Å²) in [7, 11) is 2.47. The lowest BCUT2D eigenvalue weighted by atomic mass is 9.80. The van der Waals surface area contributed by atoms with E-state index in [0.29, 0.717) is 23.5 Å². The number of hydrogen-bond donors (Lipinski definition) is 3. The number of piperazine rings is 1. The van der Waals surface area contributed by atoms with Gasteiger partial charge >= 0.3 is 11.9 Å². The van der Waals surface area contributed by atoms with E-state index in [1.54, 1.807) is 13.8 Å². The first-order valence-corrected chi connectivity index (χ1v) is 16.1. The van der Waals surface area contributed by atoms with Crippen LogP contribution in [-0.4, -0.2) is 81.3 Å². The number of benzene rings is 1. The second kappa shape index (κ2) is 14.6. The van der Waals surface area contributed by atoms with Gasteiger partial charge in [0.1, 0.15) is 17.2 Å². The zero-order valence-electron chi connectivity index (χ0n) is 27.1. The van der Waals surface area contributed by atoms with Crippen LogP contribution in [-0.2, 0) is 19.1 Å². The molecule has 2 heterocycles. The van der Waals surface area contributed by atoms with E-state index < -0.39 is 34.5 Å². The minimum atomic E-state index is -0.933. The highest BCUT2D eigenvalue weighted by atomic mass is 19.1. The maximum Gasteiger partial charge on any atom is 0.336 e. The monoisotopic (exact) mass is 637 g/mol. The molecule has 0 amide bonds. The lowest BCUT2D eigenvalue weighted by Crippen LogP contribution is -2.51. The van der Waals surface area contributed by atoms with Crippen LogP contribution in [0.5, 0.6) is 0 Å². The molecular weight excluding hydrogens is 593 g/mol. The number of dihydropyridines is 1. The number of halogens is 1. The lowest BCUT2D eigenvalue weighted by molar-refractivity contribution is -0.137. The number of allylic oxidation sites excluding steroid dienone is 2. The van der Waals surface area contributed by atoms with Gasteiger partial charge in [0.25, 0.3) is 10.9 Å². The summed E-state index contributed by atoms with van der Waals surface area (Å²) in [6.45, 7) is 8.93. The van der Waals surface area contributed by atoms with Gasteiger partial charge in [-0.2, -0.15) is 0 Å². The van der Waals surface area contributed by atoms with Gasteiger partial charge in [0.2, 0.25) is 0 Å². The molecule has 1 aliphatic carbocycles. The normalized spacial score (nSPS) is 18.9. The molecule has 0 atom stereocenters. The standard InChI is InChI=1S/C34H44FN5O6/c1-20-26(33(43)45-3)28(27(21(2)37-20)34(44)46-4)22-11-12-24(35)25(19-22)38-30-29(31(41)32(30)42)36-13-8-14-39-15-17-40(18-16-39)23-9-6-5-7-10-23/h11-12,19,23,28,36-38H,5-10,13-18H2,1-4H3. The van der Waals surface area contributed by atoms with E-state index >= 15 is 4.39 Å². The molecule has 248 valence electrons. The molecule has 2 aliphatic heterocycles. The van der Waals surface area contributed by atoms with Crippen LogP contribution in [0.4, 0.5) is 21.5 Å². The third-order valence-electron chi connectivity index (χ3n) is 9.52. The molecule has 2 aromatic carbocycles. The van der Waals surface area contributed by atoms with Crippen LogP contribution in [0.1, 0.15) is 63.9 Å². The number of anilines is 3. The summed E-state index contributed by atoms with van der Waals surface area (Å²) in [4.78, 5) is 55.8. The van der Waals surface area contributed by atoms with Crippen molar-refractivity contribution in [3.05, 3.63) is 72.6 Å².